The lowest BCUT2D eigenvalue weighted by Crippen LogP contribution is -2.59. The smallest absolute Gasteiger partial charge is 0.270 e. The number of amides is 3. The van der Waals surface area contributed by atoms with Gasteiger partial charge in [0.05, 0.1) is 38.0 Å². The second kappa shape index (κ2) is 17.0. The molecule has 0 bridgehead atoms. The Morgan fingerprint density at radius 1 is 0.875 bits per heavy atom. The minimum atomic E-state index is -0.994. The topological polar surface area (TPSA) is 105 Å². The van der Waals surface area contributed by atoms with Gasteiger partial charge in [-0.3, -0.25) is 14.4 Å². The normalized spacial score (nSPS) is 17.0. The van der Waals surface area contributed by atoms with E-state index in [1.165, 1.54) is 0 Å². The lowest BCUT2D eigenvalue weighted by atomic mass is 9.83. The van der Waals surface area contributed by atoms with Gasteiger partial charge in [0.1, 0.15) is 11.7 Å². The van der Waals surface area contributed by atoms with Gasteiger partial charge < -0.3 is 34.5 Å². The third-order valence-corrected chi connectivity index (χ3v) is 9.50. The van der Waals surface area contributed by atoms with E-state index in [2.05, 4.69) is 10.6 Å². The van der Waals surface area contributed by atoms with Crippen molar-refractivity contribution in [3.63, 3.8) is 0 Å². The molecule has 2 atom stereocenters. The third-order valence-electron chi connectivity index (χ3n) is 9.50. The Balaban J connectivity index is 1.21. The molecule has 2 N–H and O–H groups in total. The number of hydrogen-bond donors (Lipinski definition) is 2. The Labute approximate surface area is 280 Å². The van der Waals surface area contributed by atoms with E-state index in [1.807, 2.05) is 30.3 Å². The van der Waals surface area contributed by atoms with E-state index in [1.54, 1.807) is 34.4 Å². The number of carbonyl (C=O) groups is 3. The van der Waals surface area contributed by atoms with E-state index in [0.29, 0.717) is 62.6 Å². The summed E-state index contributed by atoms with van der Waals surface area (Å²) in [4.78, 5) is 43.9. The second-order valence-electron chi connectivity index (χ2n) is 12.7. The van der Waals surface area contributed by atoms with Gasteiger partial charge in [-0.2, -0.15) is 0 Å². The summed E-state index contributed by atoms with van der Waals surface area (Å²) < 4.78 is 41.6. The van der Waals surface area contributed by atoms with E-state index in [9.17, 15) is 23.2 Å². The van der Waals surface area contributed by atoms with Crippen LogP contribution in [-0.4, -0.2) is 97.2 Å². The molecule has 1 aliphatic carbocycles. The van der Waals surface area contributed by atoms with Crippen LogP contribution in [0.4, 0.5) is 8.78 Å². The van der Waals surface area contributed by atoms with Gasteiger partial charge in [-0.15, -0.1) is 0 Å². The van der Waals surface area contributed by atoms with Crippen molar-refractivity contribution >= 4 is 28.6 Å². The van der Waals surface area contributed by atoms with Crippen LogP contribution in [0.2, 0.25) is 0 Å². The predicted octanol–water partition coefficient (Wildman–Crippen LogP) is 4.11. The number of aromatic nitrogens is 1. The summed E-state index contributed by atoms with van der Waals surface area (Å²) >= 11 is 0. The molecule has 1 aromatic heterocycles. The Kier molecular flexibility index (Phi) is 12.5. The largest absolute Gasteiger partial charge is 0.377 e. The van der Waals surface area contributed by atoms with Gasteiger partial charge in [0.15, 0.2) is 11.6 Å². The zero-order chi connectivity index (χ0) is 34.0. The van der Waals surface area contributed by atoms with Crippen LogP contribution < -0.4 is 10.6 Å². The molecular formula is C36H47F2N5O5. The highest BCUT2D eigenvalue weighted by Crippen LogP contribution is 2.28. The Bertz CT molecular complexity index is 1540. The van der Waals surface area contributed by atoms with Crippen LogP contribution in [0.3, 0.4) is 0 Å². The summed E-state index contributed by atoms with van der Waals surface area (Å²) in [6, 6.07) is 12.6. The molecule has 260 valence electrons. The van der Waals surface area contributed by atoms with E-state index >= 15 is 0 Å². The zero-order valence-corrected chi connectivity index (χ0v) is 27.9. The molecule has 2 aliphatic rings. The molecule has 2 aromatic carbocycles. The first kappa shape index (κ1) is 35.4. The minimum absolute atomic E-state index is 0.0769. The molecular weight excluding hydrogens is 620 g/mol. The maximum Gasteiger partial charge on any atom is 0.270 e. The van der Waals surface area contributed by atoms with Gasteiger partial charge in [-0.05, 0) is 50.4 Å². The molecule has 2 fully saturated rings. The highest BCUT2D eigenvalue weighted by atomic mass is 19.2. The van der Waals surface area contributed by atoms with Crippen LogP contribution in [0.25, 0.3) is 10.9 Å². The number of likely N-dealkylation sites (N-methyl/N-ethyl adjacent to an activating group) is 1. The second-order valence-corrected chi connectivity index (χ2v) is 12.7. The van der Waals surface area contributed by atoms with Gasteiger partial charge in [-0.1, -0.05) is 49.6 Å². The van der Waals surface area contributed by atoms with E-state index in [4.69, 9.17) is 9.47 Å². The zero-order valence-electron chi connectivity index (χ0n) is 27.9. The summed E-state index contributed by atoms with van der Waals surface area (Å²) in [7, 11) is 1.71. The van der Waals surface area contributed by atoms with Crippen LogP contribution in [0.1, 0.15) is 55.1 Å². The predicted molar refractivity (Wildman–Crippen MR) is 178 cm³/mol. The number of carbonyl (C=O) groups excluding carboxylic acids is 3. The van der Waals surface area contributed by atoms with Crippen molar-refractivity contribution in [2.75, 3.05) is 53.0 Å². The van der Waals surface area contributed by atoms with Gasteiger partial charge in [0.25, 0.3) is 5.91 Å². The number of hydrogen-bond acceptors (Lipinski definition) is 6. The van der Waals surface area contributed by atoms with Gasteiger partial charge in [0, 0.05) is 44.2 Å². The SMILES string of the molecule is CN[C@@H](C)C(=O)NC(C(=O)N1CCN(C(=O)c2cc3cc(F)c(F)cc3n2CCOCCOCc2ccccc2)CC1)C1CCCCC1. The van der Waals surface area contributed by atoms with Gasteiger partial charge in [-0.25, -0.2) is 8.78 Å². The fourth-order valence-electron chi connectivity index (χ4n) is 6.56. The van der Waals surface area contributed by atoms with Crippen molar-refractivity contribution < 1.29 is 32.6 Å². The summed E-state index contributed by atoms with van der Waals surface area (Å²) in [6.45, 7) is 4.67. The van der Waals surface area contributed by atoms with Crippen molar-refractivity contribution in [2.24, 2.45) is 5.92 Å². The maximum atomic E-state index is 14.3. The highest BCUT2D eigenvalue weighted by molar-refractivity contribution is 5.99. The number of nitrogens with zero attached hydrogens (tertiary/aromatic N) is 3. The van der Waals surface area contributed by atoms with E-state index in [0.717, 1.165) is 49.8 Å². The number of benzene rings is 2. The molecule has 2 heterocycles. The number of halogens is 2. The number of rotatable bonds is 14. The first-order chi connectivity index (χ1) is 23.3. The molecule has 0 radical (unpaired) electrons. The first-order valence-electron chi connectivity index (χ1n) is 17.0. The molecule has 1 unspecified atom stereocenters. The van der Waals surface area contributed by atoms with Crippen molar-refractivity contribution in [1.29, 1.82) is 0 Å². The monoisotopic (exact) mass is 667 g/mol. The van der Waals surface area contributed by atoms with Crippen LogP contribution in [0.5, 0.6) is 0 Å². The lowest BCUT2D eigenvalue weighted by molar-refractivity contribution is -0.140. The number of ether oxygens (including phenoxy) is 2. The molecule has 48 heavy (non-hydrogen) atoms. The molecule has 10 nitrogen and oxygen atoms in total. The first-order valence-corrected chi connectivity index (χ1v) is 17.0. The number of fused-ring (bicyclic) bond motifs is 1. The summed E-state index contributed by atoms with van der Waals surface area (Å²) in [6.07, 6.45) is 4.97. The fraction of sp³-hybridized carbons (Fsp3) is 0.528. The molecule has 3 aromatic rings. The Morgan fingerprint density at radius 3 is 2.25 bits per heavy atom. The van der Waals surface area contributed by atoms with Crippen LogP contribution in [-0.2, 0) is 32.2 Å². The van der Waals surface area contributed by atoms with E-state index < -0.39 is 23.7 Å². The standard InChI is InChI=1S/C36H47F2N5O5/c1-25(39-2)34(44)40-33(27-11-7-4-8-12-27)36(46)42-15-13-41(14-16-42)35(45)32-22-28-21-29(37)30(38)23-31(28)43(32)17-18-47-19-20-48-24-26-9-5-3-6-10-26/h3,5-6,9-10,21-23,25,27,33,39H,4,7-8,11-20,24H2,1-2H3,(H,40,44)/t25-,33?/m0/s1. The summed E-state index contributed by atoms with van der Waals surface area (Å²) in [5, 5.41) is 6.36. The number of nitrogens with one attached hydrogen (secondary N) is 2. The van der Waals surface area contributed by atoms with Crippen molar-refractivity contribution in [1.82, 2.24) is 25.0 Å². The Hall–Kier alpha value is -3.87. The molecule has 1 saturated carbocycles. The van der Waals surface area contributed by atoms with E-state index in [-0.39, 0.29) is 36.8 Å². The average molecular weight is 668 g/mol. The summed E-state index contributed by atoms with van der Waals surface area (Å²) in [5.41, 5.74) is 1.76. The molecule has 12 heteroatoms. The average Bonchev–Trinajstić information content (AvgIpc) is 3.46. The molecule has 0 spiro atoms. The molecule has 5 rings (SSSR count). The highest BCUT2D eigenvalue weighted by Gasteiger charge is 2.36. The van der Waals surface area contributed by atoms with Crippen molar-refractivity contribution in [3.8, 4) is 0 Å². The maximum absolute atomic E-state index is 14.3. The quantitative estimate of drug-likeness (QED) is 0.251. The third kappa shape index (κ3) is 8.77. The van der Waals surface area contributed by atoms with Crippen LogP contribution in [0.15, 0.2) is 48.5 Å². The van der Waals surface area contributed by atoms with Crippen LogP contribution >= 0.6 is 0 Å². The Morgan fingerprint density at radius 2 is 1.54 bits per heavy atom. The molecule has 3 amide bonds. The summed E-state index contributed by atoms with van der Waals surface area (Å²) in [5.74, 6) is -2.51. The van der Waals surface area contributed by atoms with Crippen molar-refractivity contribution in [3.05, 3.63) is 71.4 Å². The minimum Gasteiger partial charge on any atom is -0.377 e. The molecule has 1 saturated heterocycles. The number of piperazine rings is 1. The van der Waals surface area contributed by atoms with Crippen LogP contribution in [0, 0.1) is 17.6 Å². The van der Waals surface area contributed by atoms with Crippen molar-refractivity contribution in [2.45, 2.75) is 64.3 Å². The van der Waals surface area contributed by atoms with Gasteiger partial charge in [0.2, 0.25) is 11.8 Å². The lowest BCUT2D eigenvalue weighted by Gasteiger charge is -2.39. The van der Waals surface area contributed by atoms with Gasteiger partial charge >= 0.3 is 0 Å². The fourth-order valence-corrected chi connectivity index (χ4v) is 6.56. The molecule has 1 aliphatic heterocycles.